The molecular formula is C37H30Br2IN. The van der Waals surface area contributed by atoms with Gasteiger partial charge < -0.3 is 5.73 Å². The van der Waals surface area contributed by atoms with E-state index in [1.165, 1.54) is 37.0 Å². The number of halogens is 3. The van der Waals surface area contributed by atoms with Crippen LogP contribution in [0.1, 0.15) is 11.1 Å². The summed E-state index contributed by atoms with van der Waals surface area (Å²) in [6.45, 7) is 0. The van der Waals surface area contributed by atoms with E-state index in [-0.39, 0.29) is 0 Å². The van der Waals surface area contributed by atoms with E-state index in [0.29, 0.717) is 0 Å². The van der Waals surface area contributed by atoms with Crippen LogP contribution in [0.15, 0.2) is 167 Å². The van der Waals surface area contributed by atoms with Crippen LogP contribution in [0.4, 0.5) is 5.69 Å². The van der Waals surface area contributed by atoms with E-state index in [2.05, 4.69) is 182 Å². The average Bonchev–Trinajstić information content (AvgIpc) is 3.01. The molecule has 0 spiro atoms. The number of anilines is 1. The first-order valence-electron chi connectivity index (χ1n) is 13.2. The van der Waals surface area contributed by atoms with Crippen molar-refractivity contribution in [2.75, 3.05) is 5.73 Å². The molecule has 0 aliphatic carbocycles. The van der Waals surface area contributed by atoms with Crippen molar-refractivity contribution < 1.29 is 0 Å². The highest BCUT2D eigenvalue weighted by molar-refractivity contribution is 14.1. The Morgan fingerprint density at radius 3 is 1.15 bits per heavy atom. The topological polar surface area (TPSA) is 26.0 Å². The van der Waals surface area contributed by atoms with Crippen LogP contribution in [0.25, 0.3) is 22.3 Å². The van der Waals surface area contributed by atoms with Crippen LogP contribution >= 0.6 is 54.5 Å². The summed E-state index contributed by atoms with van der Waals surface area (Å²) in [7, 11) is 0. The molecular weight excluding hydrogens is 745 g/mol. The molecule has 0 aliphatic heterocycles. The summed E-state index contributed by atoms with van der Waals surface area (Å²) in [5.41, 5.74) is 13.9. The highest BCUT2D eigenvalue weighted by atomic mass is 127. The first-order chi connectivity index (χ1) is 20.0. The SMILES string of the molecule is Brc1ccc(-c2ccc(Cc3ccccc3)cc2)cc1.Brc1ccc(-c2ccc(I)cc2)cc1.Nc1ccccc1. The van der Waals surface area contributed by atoms with Crippen molar-refractivity contribution in [3.8, 4) is 22.3 Å². The van der Waals surface area contributed by atoms with E-state index in [1.807, 2.05) is 30.3 Å². The molecule has 0 radical (unpaired) electrons. The fourth-order valence-corrected chi connectivity index (χ4v) is 4.91. The van der Waals surface area contributed by atoms with Crippen molar-refractivity contribution in [2.45, 2.75) is 6.42 Å². The Kier molecular flexibility index (Phi) is 12.2. The largest absolute Gasteiger partial charge is 0.399 e. The molecule has 204 valence electrons. The Labute approximate surface area is 273 Å². The monoisotopic (exact) mass is 773 g/mol. The van der Waals surface area contributed by atoms with Gasteiger partial charge in [0.2, 0.25) is 0 Å². The van der Waals surface area contributed by atoms with Crippen LogP contribution in [0.5, 0.6) is 0 Å². The van der Waals surface area contributed by atoms with Crippen LogP contribution in [0, 0.1) is 3.57 Å². The van der Waals surface area contributed by atoms with Gasteiger partial charge in [0.15, 0.2) is 0 Å². The summed E-state index contributed by atoms with van der Waals surface area (Å²) < 4.78 is 3.50. The van der Waals surface area contributed by atoms with E-state index in [9.17, 15) is 0 Å². The maximum atomic E-state index is 5.36. The highest BCUT2D eigenvalue weighted by Crippen LogP contribution is 2.24. The summed E-state index contributed by atoms with van der Waals surface area (Å²) in [4.78, 5) is 0. The van der Waals surface area contributed by atoms with Crippen LogP contribution in [-0.2, 0) is 6.42 Å². The van der Waals surface area contributed by atoms with Gasteiger partial charge in [-0.25, -0.2) is 0 Å². The van der Waals surface area contributed by atoms with E-state index in [1.54, 1.807) is 0 Å². The van der Waals surface area contributed by atoms with Gasteiger partial charge in [-0.15, -0.1) is 0 Å². The molecule has 0 unspecified atom stereocenters. The Morgan fingerprint density at radius 2 is 0.756 bits per heavy atom. The van der Waals surface area contributed by atoms with Crippen molar-refractivity contribution >= 4 is 60.1 Å². The number of hydrogen-bond acceptors (Lipinski definition) is 1. The van der Waals surface area contributed by atoms with Crippen molar-refractivity contribution in [3.63, 3.8) is 0 Å². The number of nitrogen functional groups attached to an aromatic ring is 1. The van der Waals surface area contributed by atoms with Gasteiger partial charge in [-0.1, -0.05) is 141 Å². The molecule has 0 saturated carbocycles. The van der Waals surface area contributed by atoms with Crippen LogP contribution in [0.2, 0.25) is 0 Å². The molecule has 41 heavy (non-hydrogen) atoms. The number of nitrogens with two attached hydrogens (primary N) is 1. The molecule has 0 bridgehead atoms. The maximum Gasteiger partial charge on any atom is 0.0313 e. The standard InChI is InChI=1S/C19H15Br.C12H8BrI.C6H7N/c20-19-12-10-18(11-13-19)17-8-6-16(7-9-17)14-15-4-2-1-3-5-15;13-11-5-1-9(2-6-11)10-3-7-12(14)8-4-10;7-6-4-2-1-3-5-6/h1-13H,14H2;1-8H;1-5H,7H2. The Bertz CT molecular complexity index is 1540. The lowest BCUT2D eigenvalue weighted by Crippen LogP contribution is -1.87. The zero-order chi connectivity index (χ0) is 28.9. The van der Waals surface area contributed by atoms with E-state index < -0.39 is 0 Å². The molecule has 2 N–H and O–H groups in total. The lowest BCUT2D eigenvalue weighted by atomic mass is 10.0. The van der Waals surface area contributed by atoms with Gasteiger partial charge >= 0.3 is 0 Å². The zero-order valence-electron chi connectivity index (χ0n) is 22.4. The van der Waals surface area contributed by atoms with Crippen LogP contribution in [-0.4, -0.2) is 0 Å². The molecule has 0 aliphatic rings. The first kappa shape index (κ1) is 30.8. The minimum atomic E-state index is 0.822. The first-order valence-corrected chi connectivity index (χ1v) is 15.8. The number of para-hydroxylation sites is 1. The molecule has 0 aromatic heterocycles. The third kappa shape index (κ3) is 10.6. The molecule has 6 aromatic carbocycles. The molecule has 0 fully saturated rings. The lowest BCUT2D eigenvalue weighted by molar-refractivity contribution is 1.19. The molecule has 6 rings (SSSR count). The quantitative estimate of drug-likeness (QED) is 0.140. The van der Waals surface area contributed by atoms with Crippen LogP contribution < -0.4 is 5.73 Å². The summed E-state index contributed by atoms with van der Waals surface area (Å²) in [5.74, 6) is 0. The van der Waals surface area contributed by atoms with Gasteiger partial charge in [0, 0.05) is 18.2 Å². The predicted molar refractivity (Wildman–Crippen MR) is 192 cm³/mol. The van der Waals surface area contributed by atoms with Crippen molar-refractivity contribution in [1.82, 2.24) is 0 Å². The van der Waals surface area contributed by atoms with E-state index in [0.717, 1.165) is 21.1 Å². The smallest absolute Gasteiger partial charge is 0.0313 e. The number of hydrogen-bond donors (Lipinski definition) is 1. The maximum absolute atomic E-state index is 5.36. The van der Waals surface area contributed by atoms with Gasteiger partial charge in [0.1, 0.15) is 0 Å². The molecule has 0 amide bonds. The normalized spacial score (nSPS) is 10.0. The zero-order valence-corrected chi connectivity index (χ0v) is 27.8. The molecule has 0 atom stereocenters. The minimum Gasteiger partial charge on any atom is -0.399 e. The van der Waals surface area contributed by atoms with E-state index >= 15 is 0 Å². The summed E-state index contributed by atoms with van der Waals surface area (Å²) in [5, 5.41) is 0. The van der Waals surface area contributed by atoms with Crippen molar-refractivity contribution in [1.29, 1.82) is 0 Å². The molecule has 0 heterocycles. The van der Waals surface area contributed by atoms with Crippen molar-refractivity contribution in [2.24, 2.45) is 0 Å². The second-order valence-corrected chi connectivity index (χ2v) is 12.4. The summed E-state index contributed by atoms with van der Waals surface area (Å²) in [6.07, 6.45) is 0.988. The second-order valence-electron chi connectivity index (χ2n) is 9.29. The second kappa shape index (κ2) is 16.3. The Morgan fingerprint density at radius 1 is 0.415 bits per heavy atom. The van der Waals surface area contributed by atoms with Gasteiger partial charge in [-0.2, -0.15) is 0 Å². The highest BCUT2D eigenvalue weighted by Gasteiger charge is 2.00. The predicted octanol–water partition coefficient (Wildman–Crippen LogP) is 11.7. The van der Waals surface area contributed by atoms with E-state index in [4.69, 9.17) is 5.73 Å². The van der Waals surface area contributed by atoms with Gasteiger partial charge in [-0.3, -0.25) is 0 Å². The van der Waals surface area contributed by atoms with Gasteiger partial charge in [-0.05, 0) is 111 Å². The summed E-state index contributed by atoms with van der Waals surface area (Å²) >= 11 is 9.21. The number of rotatable bonds is 4. The number of benzene rings is 6. The molecule has 4 heteroatoms. The van der Waals surface area contributed by atoms with Crippen molar-refractivity contribution in [3.05, 3.63) is 181 Å². The van der Waals surface area contributed by atoms with Gasteiger partial charge in [0.25, 0.3) is 0 Å². The third-order valence-corrected chi connectivity index (χ3v) is 7.98. The molecule has 6 aromatic rings. The Hall–Kier alpha value is -3.19. The third-order valence-electron chi connectivity index (χ3n) is 6.20. The molecule has 1 nitrogen and oxygen atoms in total. The minimum absolute atomic E-state index is 0.822. The fraction of sp³-hybridized carbons (Fsp3) is 0.0270. The van der Waals surface area contributed by atoms with Crippen LogP contribution in [0.3, 0.4) is 0 Å². The average molecular weight is 775 g/mol. The van der Waals surface area contributed by atoms with Gasteiger partial charge in [0.05, 0.1) is 0 Å². The summed E-state index contributed by atoms with van der Waals surface area (Å²) in [6, 6.07) is 54.2. The Balaban J connectivity index is 0.000000159. The lowest BCUT2D eigenvalue weighted by Gasteiger charge is -2.05. The fourth-order valence-electron chi connectivity index (χ4n) is 4.03. The molecule has 0 saturated heterocycles.